The molecule has 0 bridgehead atoms. The first kappa shape index (κ1) is 17.9. The zero-order chi connectivity index (χ0) is 20.8. The molecule has 5 aromatic rings. The third-order valence-corrected chi connectivity index (χ3v) is 6.64. The highest BCUT2D eigenvalue weighted by Gasteiger charge is 2.20. The largest absolute Gasteiger partial charge is 0.306 e. The molecule has 5 nitrogen and oxygen atoms in total. The highest BCUT2D eigenvalue weighted by Crippen LogP contribution is 2.38. The van der Waals surface area contributed by atoms with Crippen LogP contribution in [0, 0.1) is 0 Å². The molecule has 1 amide bonds. The maximum absolute atomic E-state index is 13.2. The number of amides is 1. The zero-order valence-electron chi connectivity index (χ0n) is 16.4. The summed E-state index contributed by atoms with van der Waals surface area (Å²) >= 11 is 1.73. The van der Waals surface area contributed by atoms with E-state index >= 15 is 0 Å². The Morgan fingerprint density at radius 2 is 1.84 bits per heavy atom. The van der Waals surface area contributed by atoms with Crippen molar-refractivity contribution in [3.63, 3.8) is 0 Å². The van der Waals surface area contributed by atoms with E-state index in [2.05, 4.69) is 38.5 Å². The maximum atomic E-state index is 13.2. The van der Waals surface area contributed by atoms with E-state index in [1.54, 1.807) is 11.3 Å². The van der Waals surface area contributed by atoms with Crippen LogP contribution in [0.4, 0.5) is 5.82 Å². The maximum Gasteiger partial charge on any atom is 0.256 e. The lowest BCUT2D eigenvalue weighted by Crippen LogP contribution is -2.14. The predicted octanol–water partition coefficient (Wildman–Crippen LogP) is 5.70. The smallest absolute Gasteiger partial charge is 0.256 e. The number of carbonyl (C=O) groups excluding carboxylic acids is 1. The van der Waals surface area contributed by atoms with Crippen LogP contribution in [0.15, 0.2) is 78.0 Å². The summed E-state index contributed by atoms with van der Waals surface area (Å²) < 4.78 is 1.23. The summed E-state index contributed by atoms with van der Waals surface area (Å²) in [5.41, 5.74) is 4.60. The molecule has 0 spiro atoms. The van der Waals surface area contributed by atoms with Gasteiger partial charge in [-0.2, -0.15) is 0 Å². The number of para-hydroxylation sites is 1. The fourth-order valence-electron chi connectivity index (χ4n) is 3.97. The number of nitrogens with one attached hydrogen (secondary N) is 1. The molecule has 148 valence electrons. The summed E-state index contributed by atoms with van der Waals surface area (Å²) in [6.07, 6.45) is 3.32. The van der Waals surface area contributed by atoms with E-state index in [4.69, 9.17) is 0 Å². The number of rotatable bonds is 3. The van der Waals surface area contributed by atoms with E-state index in [-0.39, 0.29) is 5.91 Å². The molecule has 1 N–H and O–H groups in total. The van der Waals surface area contributed by atoms with Crippen LogP contribution < -0.4 is 5.32 Å². The molecule has 2 aromatic heterocycles. The first-order valence-electron chi connectivity index (χ1n) is 9.93. The molecule has 0 unspecified atom stereocenters. The second-order valence-corrected chi connectivity index (χ2v) is 8.49. The molecule has 0 atom stereocenters. The summed E-state index contributed by atoms with van der Waals surface area (Å²) in [7, 11) is 0. The van der Waals surface area contributed by atoms with Gasteiger partial charge < -0.3 is 5.32 Å². The second-order valence-electron chi connectivity index (χ2n) is 7.40. The normalized spacial score (nSPS) is 12.4. The van der Waals surface area contributed by atoms with Gasteiger partial charge in [0.2, 0.25) is 0 Å². The molecule has 3 heterocycles. The molecular weight excluding hydrogens is 404 g/mol. The van der Waals surface area contributed by atoms with Gasteiger partial charge in [0, 0.05) is 26.7 Å². The minimum absolute atomic E-state index is 0.200. The number of aromatic nitrogens is 2. The Morgan fingerprint density at radius 1 is 0.968 bits per heavy atom. The highest BCUT2D eigenvalue weighted by molar-refractivity contribution is 7.22. The van der Waals surface area contributed by atoms with E-state index in [1.807, 2.05) is 54.7 Å². The van der Waals surface area contributed by atoms with Crippen molar-refractivity contribution in [2.45, 2.75) is 6.54 Å². The molecule has 0 fully saturated rings. The molecule has 3 aromatic carbocycles. The van der Waals surface area contributed by atoms with Crippen LogP contribution in [0.2, 0.25) is 0 Å². The third-order valence-electron chi connectivity index (χ3n) is 5.49. The molecule has 1 aliphatic heterocycles. The second kappa shape index (κ2) is 7.11. The summed E-state index contributed by atoms with van der Waals surface area (Å²) in [4.78, 5) is 27.3. The van der Waals surface area contributed by atoms with E-state index in [0.29, 0.717) is 17.9 Å². The fraction of sp³-hybridized carbons (Fsp3) is 0.0400. The predicted molar refractivity (Wildman–Crippen MR) is 126 cm³/mol. The van der Waals surface area contributed by atoms with Crippen LogP contribution >= 0.6 is 11.3 Å². The number of hydrogen-bond acceptors (Lipinski definition) is 5. The summed E-state index contributed by atoms with van der Waals surface area (Å²) in [6, 6.07) is 22.0. The number of aliphatic imine (C=N–C) groups is 1. The Bertz CT molecular complexity index is 1480. The van der Waals surface area contributed by atoms with Gasteiger partial charge in [-0.25, -0.2) is 9.97 Å². The third kappa shape index (κ3) is 3.08. The van der Waals surface area contributed by atoms with Crippen LogP contribution in [0.25, 0.3) is 31.4 Å². The number of hydrogen-bond donors (Lipinski definition) is 1. The van der Waals surface area contributed by atoms with E-state index in [9.17, 15) is 4.79 Å². The number of benzene rings is 3. The number of carbonyl (C=O) groups is 1. The van der Waals surface area contributed by atoms with Crippen LogP contribution in [0.5, 0.6) is 0 Å². The van der Waals surface area contributed by atoms with Crippen LogP contribution in [-0.4, -0.2) is 22.1 Å². The monoisotopic (exact) mass is 420 g/mol. The van der Waals surface area contributed by atoms with Gasteiger partial charge in [-0.15, -0.1) is 11.3 Å². The van der Waals surface area contributed by atoms with Crippen molar-refractivity contribution in [1.29, 1.82) is 0 Å². The summed E-state index contributed by atoms with van der Waals surface area (Å²) in [6.45, 7) is 0.636. The first-order valence-corrected chi connectivity index (χ1v) is 10.7. The van der Waals surface area contributed by atoms with E-state index < -0.39 is 0 Å². The standard InChI is InChI=1S/C25H16N4OS/c30-25(29-24-18-6-2-3-7-21(18)27-14-28-24)16-9-17-12-26-13-20(17)19(10-16)23-11-15-5-1-4-8-22(15)31-23/h1-12,14H,13H2,(H,27,28,29,30). The molecule has 0 saturated carbocycles. The minimum Gasteiger partial charge on any atom is -0.306 e. The molecule has 1 aliphatic rings. The van der Waals surface area contributed by atoms with Crippen molar-refractivity contribution in [3.05, 3.63) is 89.7 Å². The van der Waals surface area contributed by atoms with Gasteiger partial charge in [-0.3, -0.25) is 9.79 Å². The van der Waals surface area contributed by atoms with Gasteiger partial charge in [0.1, 0.15) is 12.1 Å². The molecule has 31 heavy (non-hydrogen) atoms. The Morgan fingerprint density at radius 3 is 2.77 bits per heavy atom. The van der Waals surface area contributed by atoms with Gasteiger partial charge in [0.15, 0.2) is 0 Å². The van der Waals surface area contributed by atoms with Gasteiger partial charge in [-0.05, 0) is 58.5 Å². The van der Waals surface area contributed by atoms with Gasteiger partial charge in [0.05, 0.1) is 12.1 Å². The Kier molecular flexibility index (Phi) is 4.11. The highest BCUT2D eigenvalue weighted by atomic mass is 32.1. The summed E-state index contributed by atoms with van der Waals surface area (Å²) in [5.74, 6) is 0.308. The number of anilines is 1. The van der Waals surface area contributed by atoms with E-state index in [0.717, 1.165) is 32.5 Å². The zero-order valence-corrected chi connectivity index (χ0v) is 17.2. The van der Waals surface area contributed by atoms with Crippen LogP contribution in [0.3, 0.4) is 0 Å². The first-order chi connectivity index (χ1) is 15.3. The van der Waals surface area contributed by atoms with Crippen molar-refractivity contribution < 1.29 is 4.79 Å². The quantitative estimate of drug-likeness (QED) is 0.407. The topological polar surface area (TPSA) is 67.2 Å². The Labute approximate surface area is 182 Å². The van der Waals surface area contributed by atoms with Gasteiger partial charge in [-0.1, -0.05) is 30.3 Å². The molecule has 6 heteroatoms. The van der Waals surface area contributed by atoms with Crippen molar-refractivity contribution in [2.75, 3.05) is 5.32 Å². The Balaban J connectivity index is 1.43. The average Bonchev–Trinajstić information content (AvgIpc) is 3.45. The number of fused-ring (bicyclic) bond motifs is 3. The number of nitrogens with zero attached hydrogens (tertiary/aromatic N) is 3. The Hall–Kier alpha value is -3.90. The van der Waals surface area contributed by atoms with Gasteiger partial charge >= 0.3 is 0 Å². The molecule has 0 radical (unpaired) electrons. The van der Waals surface area contributed by atoms with Crippen molar-refractivity contribution in [3.8, 4) is 10.4 Å². The SMILES string of the molecule is O=C(Nc1ncnc2ccccc12)c1cc2c(c(-c3cc4ccccc4s3)c1)CN=C2. The van der Waals surface area contributed by atoms with E-state index in [1.165, 1.54) is 16.4 Å². The molecular formula is C25H16N4OS. The average molecular weight is 420 g/mol. The summed E-state index contributed by atoms with van der Waals surface area (Å²) in [5, 5.41) is 4.98. The van der Waals surface area contributed by atoms with Crippen molar-refractivity contribution in [2.24, 2.45) is 4.99 Å². The van der Waals surface area contributed by atoms with Crippen molar-refractivity contribution in [1.82, 2.24) is 9.97 Å². The van der Waals surface area contributed by atoms with Crippen LogP contribution in [0.1, 0.15) is 21.5 Å². The lowest BCUT2D eigenvalue weighted by atomic mass is 9.97. The van der Waals surface area contributed by atoms with Gasteiger partial charge in [0.25, 0.3) is 5.91 Å². The molecule has 6 rings (SSSR count). The molecule has 0 aliphatic carbocycles. The fourth-order valence-corrected chi connectivity index (χ4v) is 5.08. The lowest BCUT2D eigenvalue weighted by molar-refractivity contribution is 0.102. The van der Waals surface area contributed by atoms with Crippen LogP contribution in [-0.2, 0) is 6.54 Å². The minimum atomic E-state index is -0.200. The lowest BCUT2D eigenvalue weighted by Gasteiger charge is -2.11. The number of thiophene rings is 1. The molecule has 0 saturated heterocycles. The van der Waals surface area contributed by atoms with Crippen molar-refractivity contribution >= 4 is 50.3 Å².